The van der Waals surface area contributed by atoms with Crippen LogP contribution in [-0.2, 0) is 19.1 Å². The van der Waals surface area contributed by atoms with Gasteiger partial charge in [0, 0.05) is 6.92 Å². The van der Waals surface area contributed by atoms with E-state index >= 15 is 0 Å². The number of carbonyl (C=O) groups excluding carboxylic acids is 2. The van der Waals surface area contributed by atoms with E-state index in [9.17, 15) is 29.7 Å². The fourth-order valence-corrected chi connectivity index (χ4v) is 3.42. The summed E-state index contributed by atoms with van der Waals surface area (Å²) in [7, 11) is 0. The van der Waals surface area contributed by atoms with Gasteiger partial charge in [-0.05, 0) is 18.2 Å². The minimum absolute atomic E-state index is 0.163. The number of hydrogen-bond donors (Lipinski definition) is 5. The highest BCUT2D eigenvalue weighted by Gasteiger charge is 2.44. The first-order chi connectivity index (χ1) is 14.3. The van der Waals surface area contributed by atoms with Crippen LogP contribution in [0, 0.1) is 11.8 Å². The fraction of sp³-hybridized carbons (Fsp3) is 0.421. The number of amides is 1. The average molecular weight is 439 g/mol. The molecular weight excluding hydrogens is 418 g/mol. The zero-order valence-corrected chi connectivity index (χ0v) is 16.7. The van der Waals surface area contributed by atoms with E-state index in [1.165, 1.54) is 18.3 Å². The standard InChI is InChI=1S/C19H21NO9S/c1-10(23)20-16-14(28-6-2-3-11-4-5-12(8-21)30-11)7-15(19(26)27)29-18(16)17(25)13(24)9-22/h4-5,7-8,13-14,16-18,22,24-25H,6,9H2,1H3,(H,20,23)(H,26,27)/t13-,14+,16-,17-,18-/m1/s1. The van der Waals surface area contributed by atoms with Crippen molar-refractivity contribution < 1.29 is 44.3 Å². The van der Waals surface area contributed by atoms with E-state index in [1.54, 1.807) is 12.1 Å². The van der Waals surface area contributed by atoms with Crippen molar-refractivity contribution in [1.82, 2.24) is 5.32 Å². The second-order valence-corrected chi connectivity index (χ2v) is 7.40. The van der Waals surface area contributed by atoms with E-state index in [1.807, 2.05) is 0 Å². The van der Waals surface area contributed by atoms with Crippen molar-refractivity contribution in [3.05, 3.63) is 33.7 Å². The predicted octanol–water partition coefficient (Wildman–Crippen LogP) is -1.12. The van der Waals surface area contributed by atoms with Crippen molar-refractivity contribution in [3.8, 4) is 11.8 Å². The smallest absolute Gasteiger partial charge is 0.370 e. The number of carbonyl (C=O) groups is 3. The summed E-state index contributed by atoms with van der Waals surface area (Å²) in [6.07, 6.45) is -3.98. The molecule has 0 radical (unpaired) electrons. The molecule has 0 bridgehead atoms. The van der Waals surface area contributed by atoms with Crippen LogP contribution in [0.2, 0.25) is 0 Å². The van der Waals surface area contributed by atoms with E-state index in [0.717, 1.165) is 6.08 Å². The predicted molar refractivity (Wildman–Crippen MR) is 104 cm³/mol. The lowest BCUT2D eigenvalue weighted by molar-refractivity contribution is -0.151. The highest BCUT2D eigenvalue weighted by atomic mass is 32.1. The second-order valence-electron chi connectivity index (χ2n) is 6.28. The number of carboxylic acid groups (broad SMARTS) is 1. The van der Waals surface area contributed by atoms with Gasteiger partial charge in [-0.25, -0.2) is 4.79 Å². The molecule has 11 heteroatoms. The Morgan fingerprint density at radius 1 is 1.40 bits per heavy atom. The number of aliphatic hydroxyl groups excluding tert-OH is 3. The molecule has 0 saturated carbocycles. The second kappa shape index (κ2) is 10.9. The molecule has 0 fully saturated rings. The van der Waals surface area contributed by atoms with Gasteiger partial charge in [-0.3, -0.25) is 9.59 Å². The third kappa shape index (κ3) is 6.12. The minimum atomic E-state index is -1.71. The zero-order chi connectivity index (χ0) is 22.3. The number of aliphatic hydroxyl groups is 3. The Kier molecular flexibility index (Phi) is 8.52. The number of rotatable bonds is 8. The molecule has 5 atom stereocenters. The number of ether oxygens (including phenoxy) is 2. The monoisotopic (exact) mass is 439 g/mol. The SMILES string of the molecule is CC(=O)N[C@H]1[C@H]([C@H](O)[C@H](O)CO)OC(C(=O)O)=C[C@@H]1OCC#Cc1ccc(C=O)s1. The largest absolute Gasteiger partial charge is 0.478 e. The van der Waals surface area contributed by atoms with Crippen molar-refractivity contribution >= 4 is 29.5 Å². The van der Waals surface area contributed by atoms with Crippen LogP contribution in [0.25, 0.3) is 0 Å². The van der Waals surface area contributed by atoms with Crippen molar-refractivity contribution in [2.45, 2.75) is 37.4 Å². The van der Waals surface area contributed by atoms with Crippen LogP contribution in [0.4, 0.5) is 0 Å². The number of aliphatic carboxylic acids is 1. The van der Waals surface area contributed by atoms with Gasteiger partial charge in [0.05, 0.1) is 22.4 Å². The number of thiophene rings is 1. The fourth-order valence-electron chi connectivity index (χ4n) is 2.72. The van der Waals surface area contributed by atoms with Gasteiger partial charge in [-0.2, -0.15) is 0 Å². The van der Waals surface area contributed by atoms with Gasteiger partial charge in [0.15, 0.2) is 12.4 Å². The minimum Gasteiger partial charge on any atom is -0.478 e. The summed E-state index contributed by atoms with van der Waals surface area (Å²) in [4.78, 5) is 34.9. The summed E-state index contributed by atoms with van der Waals surface area (Å²) in [5, 5.41) is 40.9. The van der Waals surface area contributed by atoms with Crippen LogP contribution < -0.4 is 5.32 Å². The first-order valence-electron chi connectivity index (χ1n) is 8.78. The van der Waals surface area contributed by atoms with Crippen LogP contribution >= 0.6 is 11.3 Å². The maximum Gasteiger partial charge on any atom is 0.370 e. The van der Waals surface area contributed by atoms with Gasteiger partial charge in [0.1, 0.15) is 24.9 Å². The number of carboxylic acids is 1. The Morgan fingerprint density at radius 2 is 2.13 bits per heavy atom. The maximum absolute atomic E-state index is 11.6. The Balaban J connectivity index is 2.22. The molecule has 2 rings (SSSR count). The number of aldehydes is 1. The highest BCUT2D eigenvalue weighted by molar-refractivity contribution is 7.14. The molecule has 5 N–H and O–H groups in total. The number of nitrogens with one attached hydrogen (secondary N) is 1. The lowest BCUT2D eigenvalue weighted by Crippen LogP contribution is -2.60. The molecule has 162 valence electrons. The zero-order valence-electron chi connectivity index (χ0n) is 15.8. The average Bonchev–Trinajstić information content (AvgIpc) is 3.18. The van der Waals surface area contributed by atoms with Crippen molar-refractivity contribution in [2.24, 2.45) is 0 Å². The maximum atomic E-state index is 11.6. The molecule has 0 aliphatic carbocycles. The molecular formula is C19H21NO9S. The quantitative estimate of drug-likeness (QED) is 0.249. The Morgan fingerprint density at radius 3 is 2.70 bits per heavy atom. The van der Waals surface area contributed by atoms with Crippen LogP contribution in [0.1, 0.15) is 21.5 Å². The van der Waals surface area contributed by atoms with Crippen LogP contribution in [0.5, 0.6) is 0 Å². The molecule has 30 heavy (non-hydrogen) atoms. The molecule has 1 amide bonds. The first kappa shape index (κ1) is 23.5. The molecule has 1 aromatic heterocycles. The van der Waals surface area contributed by atoms with E-state index in [0.29, 0.717) is 16.0 Å². The van der Waals surface area contributed by atoms with Gasteiger partial charge in [-0.1, -0.05) is 11.8 Å². The summed E-state index contributed by atoms with van der Waals surface area (Å²) in [6.45, 7) is 0.241. The third-order valence-corrected chi connectivity index (χ3v) is 5.01. The van der Waals surface area contributed by atoms with Gasteiger partial charge < -0.3 is 35.2 Å². The molecule has 2 heterocycles. The molecule has 1 aromatic rings. The molecule has 0 unspecified atom stereocenters. The topological polar surface area (TPSA) is 163 Å². The summed E-state index contributed by atoms with van der Waals surface area (Å²) in [5.41, 5.74) is 0. The molecule has 10 nitrogen and oxygen atoms in total. The Labute approximate surface area is 175 Å². The molecule has 1 aliphatic heterocycles. The van der Waals surface area contributed by atoms with E-state index < -0.39 is 54.7 Å². The van der Waals surface area contributed by atoms with E-state index in [-0.39, 0.29) is 6.61 Å². The van der Waals surface area contributed by atoms with Gasteiger partial charge >= 0.3 is 5.97 Å². The molecule has 0 saturated heterocycles. The Bertz CT molecular complexity index is 869. The summed E-state index contributed by atoms with van der Waals surface area (Å²) in [6, 6.07) is 2.22. The lowest BCUT2D eigenvalue weighted by atomic mass is 9.93. The number of hydrogen-bond acceptors (Lipinski definition) is 9. The highest BCUT2D eigenvalue weighted by Crippen LogP contribution is 2.25. The summed E-state index contributed by atoms with van der Waals surface area (Å²) in [5.74, 6) is 3.03. The first-order valence-corrected chi connectivity index (χ1v) is 9.59. The van der Waals surface area contributed by atoms with Crippen molar-refractivity contribution in [3.63, 3.8) is 0 Å². The van der Waals surface area contributed by atoms with Gasteiger partial charge in [-0.15, -0.1) is 11.3 Å². The summed E-state index contributed by atoms with van der Waals surface area (Å²) >= 11 is 1.19. The molecule has 1 aliphatic rings. The van der Waals surface area contributed by atoms with Gasteiger partial charge in [0.2, 0.25) is 11.7 Å². The third-order valence-electron chi connectivity index (χ3n) is 4.09. The molecule has 0 aromatic carbocycles. The van der Waals surface area contributed by atoms with Crippen LogP contribution in [0.15, 0.2) is 24.0 Å². The van der Waals surface area contributed by atoms with Crippen LogP contribution in [0.3, 0.4) is 0 Å². The lowest BCUT2D eigenvalue weighted by Gasteiger charge is -2.39. The van der Waals surface area contributed by atoms with Gasteiger partial charge in [0.25, 0.3) is 0 Å². The molecule has 0 spiro atoms. The Hall–Kier alpha value is -2.75. The van der Waals surface area contributed by atoms with Crippen LogP contribution in [-0.4, -0.2) is 82.3 Å². The normalized spacial score (nSPS) is 22.5. The van der Waals surface area contributed by atoms with Crippen molar-refractivity contribution in [1.29, 1.82) is 0 Å². The van der Waals surface area contributed by atoms with E-state index in [2.05, 4.69) is 17.2 Å². The van der Waals surface area contributed by atoms with Crippen molar-refractivity contribution in [2.75, 3.05) is 13.2 Å². The summed E-state index contributed by atoms with van der Waals surface area (Å²) < 4.78 is 10.8. The van der Waals surface area contributed by atoms with E-state index in [4.69, 9.17) is 14.6 Å².